The average molecular weight is 256 g/mol. The van der Waals surface area contributed by atoms with Gasteiger partial charge in [0.1, 0.15) is 5.75 Å². The quantitative estimate of drug-likeness (QED) is 0.793. The van der Waals surface area contributed by atoms with Crippen molar-refractivity contribution in [1.82, 2.24) is 0 Å². The fourth-order valence-corrected chi connectivity index (χ4v) is 2.60. The Balaban J connectivity index is 2.41. The highest BCUT2D eigenvalue weighted by Crippen LogP contribution is 2.32. The van der Waals surface area contributed by atoms with Crippen molar-refractivity contribution in [3.8, 4) is 5.75 Å². The lowest BCUT2D eigenvalue weighted by atomic mass is 9.96. The van der Waals surface area contributed by atoms with Crippen molar-refractivity contribution in [3.05, 3.63) is 17.7 Å². The zero-order valence-corrected chi connectivity index (χ0v) is 10.5. The molecule has 0 spiro atoms. The second-order valence-corrected chi connectivity index (χ2v) is 5.89. The summed E-state index contributed by atoms with van der Waals surface area (Å²) in [6.45, 7) is 1.67. The maximum atomic E-state index is 11.4. The van der Waals surface area contributed by atoms with Crippen molar-refractivity contribution in [1.29, 1.82) is 0 Å². The first-order valence-corrected chi connectivity index (χ1v) is 7.02. The number of anilines is 1. The smallest absolute Gasteiger partial charge is 0.238 e. The van der Waals surface area contributed by atoms with Crippen LogP contribution in [0.1, 0.15) is 24.8 Å². The average Bonchev–Trinajstić information content (AvgIpc) is 2.14. The van der Waals surface area contributed by atoms with E-state index in [1.54, 1.807) is 13.0 Å². The van der Waals surface area contributed by atoms with Crippen molar-refractivity contribution in [2.24, 2.45) is 5.14 Å². The molecule has 0 aromatic heterocycles. The lowest BCUT2D eigenvalue weighted by molar-refractivity contribution is 0.119. The maximum Gasteiger partial charge on any atom is 0.238 e. The number of nitrogens with two attached hydrogens (primary N) is 2. The number of nitrogen functional groups attached to an aromatic ring is 1. The van der Waals surface area contributed by atoms with Crippen LogP contribution in [0.2, 0.25) is 0 Å². The molecule has 0 atom stereocenters. The molecule has 0 heterocycles. The van der Waals surface area contributed by atoms with Crippen molar-refractivity contribution in [2.75, 3.05) is 5.73 Å². The van der Waals surface area contributed by atoms with Crippen LogP contribution >= 0.6 is 0 Å². The molecule has 4 N–H and O–H groups in total. The molecule has 5 nitrogen and oxygen atoms in total. The van der Waals surface area contributed by atoms with Crippen LogP contribution < -0.4 is 15.6 Å². The second kappa shape index (κ2) is 4.19. The molecule has 1 aromatic carbocycles. The van der Waals surface area contributed by atoms with Crippen LogP contribution in [0, 0.1) is 6.92 Å². The van der Waals surface area contributed by atoms with E-state index in [-0.39, 0.29) is 11.0 Å². The number of benzene rings is 1. The first-order valence-electron chi connectivity index (χ1n) is 5.47. The van der Waals surface area contributed by atoms with E-state index in [0.29, 0.717) is 17.0 Å². The van der Waals surface area contributed by atoms with E-state index < -0.39 is 10.0 Å². The summed E-state index contributed by atoms with van der Waals surface area (Å²) < 4.78 is 28.5. The zero-order valence-electron chi connectivity index (χ0n) is 9.64. The van der Waals surface area contributed by atoms with Crippen LogP contribution in [0.15, 0.2) is 17.0 Å². The SMILES string of the molecule is Cc1c(OC2CCC2)cc(N)cc1S(N)(=O)=O. The Bertz CT molecular complexity index is 536. The molecular formula is C11H16N2O3S. The summed E-state index contributed by atoms with van der Waals surface area (Å²) in [4.78, 5) is 0.0341. The van der Waals surface area contributed by atoms with E-state index in [9.17, 15) is 8.42 Å². The molecule has 1 aliphatic carbocycles. The standard InChI is InChI=1S/C11H16N2O3S/c1-7-10(16-9-3-2-4-9)5-8(12)6-11(7)17(13,14)15/h5-6,9H,2-4,12H2,1H3,(H2,13,14,15). The fourth-order valence-electron chi connectivity index (χ4n) is 1.77. The fraction of sp³-hybridized carbons (Fsp3) is 0.455. The van der Waals surface area contributed by atoms with Crippen LogP contribution in [0.3, 0.4) is 0 Å². The molecule has 2 rings (SSSR count). The first kappa shape index (κ1) is 12.2. The number of primary sulfonamides is 1. The monoisotopic (exact) mass is 256 g/mol. The second-order valence-electron chi connectivity index (χ2n) is 4.36. The van der Waals surface area contributed by atoms with Crippen molar-refractivity contribution in [3.63, 3.8) is 0 Å². The van der Waals surface area contributed by atoms with Gasteiger partial charge in [-0.05, 0) is 32.3 Å². The van der Waals surface area contributed by atoms with Gasteiger partial charge in [0, 0.05) is 17.3 Å². The molecule has 0 unspecified atom stereocenters. The van der Waals surface area contributed by atoms with Crippen molar-refractivity contribution >= 4 is 15.7 Å². The Hall–Kier alpha value is -1.27. The highest BCUT2D eigenvalue weighted by atomic mass is 32.2. The topological polar surface area (TPSA) is 95.4 Å². The van der Waals surface area contributed by atoms with E-state index in [1.807, 2.05) is 0 Å². The highest BCUT2D eigenvalue weighted by molar-refractivity contribution is 7.89. The number of ether oxygens (including phenoxy) is 1. The molecule has 94 valence electrons. The summed E-state index contributed by atoms with van der Waals surface area (Å²) in [5.74, 6) is 0.513. The van der Waals surface area contributed by atoms with Gasteiger partial charge in [0.05, 0.1) is 11.0 Å². The highest BCUT2D eigenvalue weighted by Gasteiger charge is 2.22. The normalized spacial score (nSPS) is 16.6. The molecule has 17 heavy (non-hydrogen) atoms. The lowest BCUT2D eigenvalue weighted by Crippen LogP contribution is -2.25. The summed E-state index contributed by atoms with van der Waals surface area (Å²) in [5.41, 5.74) is 6.52. The van der Waals surface area contributed by atoms with Gasteiger partial charge in [-0.2, -0.15) is 0 Å². The predicted molar refractivity (Wildman–Crippen MR) is 65.2 cm³/mol. The van der Waals surface area contributed by atoms with E-state index >= 15 is 0 Å². The zero-order chi connectivity index (χ0) is 12.6. The molecule has 0 radical (unpaired) electrons. The van der Waals surface area contributed by atoms with E-state index in [2.05, 4.69) is 0 Å². The molecule has 1 aliphatic rings. The van der Waals surface area contributed by atoms with Gasteiger partial charge >= 0.3 is 0 Å². The summed E-state index contributed by atoms with van der Waals surface area (Å²) in [5, 5.41) is 5.13. The van der Waals surface area contributed by atoms with Crippen LogP contribution in [0.5, 0.6) is 5.75 Å². The number of hydrogen-bond acceptors (Lipinski definition) is 4. The van der Waals surface area contributed by atoms with E-state index in [4.69, 9.17) is 15.6 Å². The minimum atomic E-state index is -3.76. The molecule has 0 saturated heterocycles. The van der Waals surface area contributed by atoms with Crippen LogP contribution in [0.4, 0.5) is 5.69 Å². The van der Waals surface area contributed by atoms with Crippen LogP contribution in [-0.2, 0) is 10.0 Å². The third-order valence-electron chi connectivity index (χ3n) is 2.99. The van der Waals surface area contributed by atoms with Crippen LogP contribution in [-0.4, -0.2) is 14.5 Å². The lowest BCUT2D eigenvalue weighted by Gasteiger charge is -2.27. The third-order valence-corrected chi connectivity index (χ3v) is 4.02. The van der Waals surface area contributed by atoms with Gasteiger partial charge in [0.15, 0.2) is 0 Å². The van der Waals surface area contributed by atoms with Gasteiger partial charge in [-0.3, -0.25) is 0 Å². The first-order chi connectivity index (χ1) is 7.88. The minimum absolute atomic E-state index is 0.0341. The van der Waals surface area contributed by atoms with E-state index in [1.165, 1.54) is 6.07 Å². The number of hydrogen-bond donors (Lipinski definition) is 2. The Labute approximate surface area is 101 Å². The summed E-state index contributed by atoms with van der Waals surface area (Å²) in [6, 6.07) is 3.00. The van der Waals surface area contributed by atoms with Gasteiger partial charge in [-0.25, -0.2) is 13.6 Å². The Kier molecular flexibility index (Phi) is 3.01. The van der Waals surface area contributed by atoms with Crippen molar-refractivity contribution < 1.29 is 13.2 Å². The summed E-state index contributed by atoms with van der Waals surface area (Å²) in [6.07, 6.45) is 3.32. The Morgan fingerprint density at radius 1 is 1.35 bits per heavy atom. The predicted octanol–water partition coefficient (Wildman–Crippen LogP) is 1.16. The maximum absolute atomic E-state index is 11.4. The van der Waals surface area contributed by atoms with E-state index in [0.717, 1.165) is 19.3 Å². The van der Waals surface area contributed by atoms with Crippen LogP contribution in [0.25, 0.3) is 0 Å². The molecule has 0 aliphatic heterocycles. The van der Waals surface area contributed by atoms with Gasteiger partial charge in [-0.1, -0.05) is 0 Å². The Morgan fingerprint density at radius 3 is 2.47 bits per heavy atom. The largest absolute Gasteiger partial charge is 0.490 e. The van der Waals surface area contributed by atoms with Gasteiger partial charge in [-0.15, -0.1) is 0 Å². The molecule has 1 fully saturated rings. The number of sulfonamides is 1. The molecule has 6 heteroatoms. The van der Waals surface area contributed by atoms with Gasteiger partial charge < -0.3 is 10.5 Å². The third kappa shape index (κ3) is 2.53. The molecule has 1 saturated carbocycles. The van der Waals surface area contributed by atoms with Gasteiger partial charge in [0.25, 0.3) is 0 Å². The molecule has 0 amide bonds. The molecule has 0 bridgehead atoms. The molecule has 1 aromatic rings. The summed E-state index contributed by atoms with van der Waals surface area (Å²) >= 11 is 0. The summed E-state index contributed by atoms with van der Waals surface area (Å²) in [7, 11) is -3.76. The molecular weight excluding hydrogens is 240 g/mol. The van der Waals surface area contributed by atoms with Crippen molar-refractivity contribution in [2.45, 2.75) is 37.2 Å². The minimum Gasteiger partial charge on any atom is -0.490 e. The number of rotatable bonds is 3. The van der Waals surface area contributed by atoms with Gasteiger partial charge in [0.2, 0.25) is 10.0 Å². The Morgan fingerprint density at radius 2 is 2.00 bits per heavy atom.